The number of benzene rings is 3. The molecule has 1 saturated heterocycles. The predicted octanol–water partition coefficient (Wildman–Crippen LogP) is 2.91. The Morgan fingerprint density at radius 2 is 1.14 bits per heavy atom. The summed E-state index contributed by atoms with van der Waals surface area (Å²) in [5, 5.41) is 40.7. The number of carbonyl (C=O) groups is 5. The van der Waals surface area contributed by atoms with Gasteiger partial charge in [-0.15, -0.1) is 0 Å². The summed E-state index contributed by atoms with van der Waals surface area (Å²) >= 11 is 0. The van der Waals surface area contributed by atoms with Crippen molar-refractivity contribution in [2.75, 3.05) is 58.4 Å². The molecule has 51 heavy (non-hydrogen) atoms. The van der Waals surface area contributed by atoms with Crippen molar-refractivity contribution in [2.45, 2.75) is 18.6 Å². The Kier molecular flexibility index (Phi) is 15.1. The minimum Gasteiger partial charge on any atom is -0.497 e. The average molecular weight is 708 g/mol. The summed E-state index contributed by atoms with van der Waals surface area (Å²) in [6.07, 6.45) is 4.43. The molecule has 5 N–H and O–H groups in total. The van der Waals surface area contributed by atoms with Crippen molar-refractivity contribution < 1.29 is 59.0 Å². The molecule has 2 atom stereocenters. The lowest BCUT2D eigenvalue weighted by molar-refractivity contribution is -0.159. The topological polar surface area (TPSA) is 215 Å². The first-order chi connectivity index (χ1) is 24.4. The number of rotatable bonds is 9. The number of para-hydroxylation sites is 2. The van der Waals surface area contributed by atoms with Gasteiger partial charge in [-0.05, 0) is 53.9 Å². The van der Waals surface area contributed by atoms with Crippen LogP contribution in [-0.4, -0.2) is 125 Å². The maximum Gasteiger partial charge on any atom is 0.414 e. The molecule has 0 spiro atoms. The first-order valence-electron chi connectivity index (χ1n) is 15.8. The highest BCUT2D eigenvalue weighted by atomic mass is 16.5. The van der Waals surface area contributed by atoms with Crippen LogP contribution in [0, 0.1) is 0 Å². The number of carboxylic acid groups (broad SMARTS) is 4. The van der Waals surface area contributed by atoms with Crippen LogP contribution < -0.4 is 9.64 Å². The summed E-state index contributed by atoms with van der Waals surface area (Å²) in [5.41, 5.74) is 5.59. The molecule has 1 fully saturated rings. The van der Waals surface area contributed by atoms with Gasteiger partial charge in [0, 0.05) is 44.1 Å². The molecular weight excluding hydrogens is 666 g/mol. The number of nitrogens with zero attached hydrogens (tertiary/aromatic N) is 3. The number of carbonyl (C=O) groups excluding carboxylic acids is 1. The summed E-state index contributed by atoms with van der Waals surface area (Å²) in [6.45, 7) is 4.91. The van der Waals surface area contributed by atoms with Crippen molar-refractivity contribution in [3.05, 3.63) is 89.5 Å². The van der Waals surface area contributed by atoms with Crippen LogP contribution in [0.3, 0.4) is 0 Å². The van der Waals surface area contributed by atoms with Gasteiger partial charge in [-0.2, -0.15) is 0 Å². The van der Waals surface area contributed by atoms with Crippen LogP contribution in [0.1, 0.15) is 29.2 Å². The number of anilines is 2. The van der Waals surface area contributed by atoms with E-state index < -0.39 is 42.0 Å². The number of fused-ring (bicyclic) bond motifs is 2. The minimum atomic E-state index is -1.82. The first-order valence-corrected chi connectivity index (χ1v) is 15.8. The Balaban J connectivity index is 0.000000504. The number of aliphatic hydroxyl groups excluding tert-OH is 1. The SMILES string of the molecule is COC(=O)C(C(O)c1ccc(OC)cc1)N1CCN(CCCN2c3ccccc3C=Cc3ccccc32)CC1.O=C(O)C(=O)O.O=C(O)C(=O)O. The number of carboxylic acids is 4. The summed E-state index contributed by atoms with van der Waals surface area (Å²) in [4.78, 5) is 56.1. The summed E-state index contributed by atoms with van der Waals surface area (Å²) in [6, 6.07) is 23.5. The standard InChI is InChI=1S/C32H37N3O4.2C2H2O4/c1-38-27-16-14-26(15-17-27)31(36)30(32(37)39-2)34-22-20-33(21-23-34)18-7-19-35-28-10-5-3-8-24(28)12-13-25-9-4-6-11-29(25)35;2*3-1(4)2(5)6/h3-6,8-17,30-31,36H,7,18-23H2,1-2H3;2*(H,3,4)(H,5,6). The van der Waals surface area contributed by atoms with Gasteiger partial charge < -0.3 is 44.8 Å². The van der Waals surface area contributed by atoms with Crippen LogP contribution in [0.4, 0.5) is 11.4 Å². The van der Waals surface area contributed by atoms with Gasteiger partial charge in [-0.25, -0.2) is 19.2 Å². The van der Waals surface area contributed by atoms with Gasteiger partial charge in [0.25, 0.3) is 0 Å². The van der Waals surface area contributed by atoms with Crippen molar-refractivity contribution >= 4 is 53.4 Å². The highest BCUT2D eigenvalue weighted by Crippen LogP contribution is 2.36. The third-order valence-electron chi connectivity index (χ3n) is 8.12. The summed E-state index contributed by atoms with van der Waals surface area (Å²) in [5.74, 6) is -7.01. The Labute approximate surface area is 294 Å². The molecular formula is C36H41N3O12. The van der Waals surface area contributed by atoms with Gasteiger partial charge in [0.1, 0.15) is 17.9 Å². The van der Waals surface area contributed by atoms with Crippen LogP contribution in [0.25, 0.3) is 12.2 Å². The molecule has 2 heterocycles. The molecule has 0 aliphatic carbocycles. The van der Waals surface area contributed by atoms with E-state index in [1.54, 1.807) is 31.4 Å². The van der Waals surface area contributed by atoms with Gasteiger partial charge in [-0.1, -0.05) is 60.7 Å². The van der Waals surface area contributed by atoms with E-state index in [9.17, 15) is 9.90 Å². The number of aliphatic hydroxyl groups is 1. The maximum absolute atomic E-state index is 12.7. The largest absolute Gasteiger partial charge is 0.497 e. The normalized spacial score (nSPS) is 14.8. The van der Waals surface area contributed by atoms with Gasteiger partial charge in [0.2, 0.25) is 0 Å². The Morgan fingerprint density at radius 1 is 0.667 bits per heavy atom. The van der Waals surface area contributed by atoms with Crippen molar-refractivity contribution in [2.24, 2.45) is 0 Å². The van der Waals surface area contributed by atoms with Crippen LogP contribution >= 0.6 is 0 Å². The molecule has 5 rings (SSSR count). The Morgan fingerprint density at radius 3 is 1.57 bits per heavy atom. The van der Waals surface area contributed by atoms with Crippen LogP contribution in [0.15, 0.2) is 72.8 Å². The average Bonchev–Trinajstić information content (AvgIpc) is 3.29. The van der Waals surface area contributed by atoms with Crippen LogP contribution in [0.2, 0.25) is 0 Å². The molecule has 0 aromatic heterocycles. The second-order valence-corrected chi connectivity index (χ2v) is 11.2. The molecule has 2 aliphatic heterocycles. The number of aliphatic carboxylic acids is 4. The van der Waals surface area contributed by atoms with Gasteiger partial charge >= 0.3 is 29.8 Å². The molecule has 2 unspecified atom stereocenters. The van der Waals surface area contributed by atoms with Crippen LogP contribution in [0.5, 0.6) is 5.75 Å². The molecule has 3 aromatic carbocycles. The number of esters is 1. The molecule has 0 bridgehead atoms. The lowest BCUT2D eigenvalue weighted by Gasteiger charge is -2.40. The fraction of sp³-hybridized carbons (Fsp3) is 0.306. The lowest BCUT2D eigenvalue weighted by atomic mass is 10.00. The predicted molar refractivity (Wildman–Crippen MR) is 186 cm³/mol. The molecule has 272 valence electrons. The van der Waals surface area contributed by atoms with Gasteiger partial charge in [0.15, 0.2) is 0 Å². The molecule has 0 amide bonds. The fourth-order valence-corrected chi connectivity index (χ4v) is 5.60. The number of methoxy groups -OCH3 is 2. The lowest BCUT2D eigenvalue weighted by Crippen LogP contribution is -2.55. The smallest absolute Gasteiger partial charge is 0.414 e. The Hall–Kier alpha value is -5.77. The molecule has 15 heteroatoms. The van der Waals surface area contributed by atoms with E-state index >= 15 is 0 Å². The van der Waals surface area contributed by atoms with Gasteiger partial charge in [-0.3, -0.25) is 9.69 Å². The fourth-order valence-electron chi connectivity index (χ4n) is 5.60. The molecule has 3 aromatic rings. The van der Waals surface area contributed by atoms with E-state index in [0.29, 0.717) is 24.4 Å². The maximum atomic E-state index is 12.7. The number of hydrogen-bond donors (Lipinski definition) is 5. The summed E-state index contributed by atoms with van der Waals surface area (Å²) < 4.78 is 10.3. The number of hydrogen-bond acceptors (Lipinski definition) is 11. The molecule has 2 aliphatic rings. The minimum absolute atomic E-state index is 0.418. The van der Waals surface area contributed by atoms with Gasteiger partial charge in [0.05, 0.1) is 14.2 Å². The van der Waals surface area contributed by atoms with Crippen molar-refractivity contribution in [3.63, 3.8) is 0 Å². The van der Waals surface area contributed by atoms with E-state index in [1.807, 2.05) is 4.90 Å². The first kappa shape index (κ1) is 39.7. The third-order valence-corrected chi connectivity index (χ3v) is 8.12. The van der Waals surface area contributed by atoms with E-state index in [2.05, 4.69) is 70.5 Å². The second kappa shape index (κ2) is 19.4. The molecule has 0 saturated carbocycles. The van der Waals surface area contributed by atoms with Crippen molar-refractivity contribution in [1.82, 2.24) is 9.80 Å². The van der Waals surface area contributed by atoms with Crippen molar-refractivity contribution in [3.8, 4) is 5.75 Å². The second-order valence-electron chi connectivity index (χ2n) is 11.2. The highest BCUT2D eigenvalue weighted by molar-refractivity contribution is 6.27. The number of piperazine rings is 1. The molecule has 0 radical (unpaired) electrons. The number of ether oxygens (including phenoxy) is 2. The van der Waals surface area contributed by atoms with E-state index in [-0.39, 0.29) is 0 Å². The molecule has 15 nitrogen and oxygen atoms in total. The highest BCUT2D eigenvalue weighted by Gasteiger charge is 2.36. The van der Waals surface area contributed by atoms with E-state index in [1.165, 1.54) is 29.6 Å². The zero-order chi connectivity index (χ0) is 37.5. The van der Waals surface area contributed by atoms with Crippen LogP contribution in [-0.2, 0) is 28.7 Å². The zero-order valence-corrected chi connectivity index (χ0v) is 28.1. The Bertz CT molecular complexity index is 1590. The monoisotopic (exact) mass is 707 g/mol. The van der Waals surface area contributed by atoms with Crippen molar-refractivity contribution in [1.29, 1.82) is 0 Å². The zero-order valence-electron chi connectivity index (χ0n) is 28.1. The van der Waals surface area contributed by atoms with E-state index in [4.69, 9.17) is 49.1 Å². The quantitative estimate of drug-likeness (QED) is 0.160. The third kappa shape index (κ3) is 11.4. The van der Waals surface area contributed by atoms with E-state index in [0.717, 1.165) is 32.6 Å². The summed E-state index contributed by atoms with van der Waals surface area (Å²) in [7, 11) is 2.98.